The number of pyridine rings is 1. The first-order valence-corrected chi connectivity index (χ1v) is 6.48. The molecule has 1 aromatic heterocycles. The molecule has 1 aromatic carbocycles. The fourth-order valence-electron chi connectivity index (χ4n) is 1.99. The normalized spacial score (nSPS) is 10.2. The molecule has 0 atom stereocenters. The Morgan fingerprint density at radius 3 is 2.70 bits per heavy atom. The molecule has 0 aliphatic carbocycles. The lowest BCUT2D eigenvalue weighted by molar-refractivity contribution is 0.102. The first kappa shape index (κ1) is 14.3. The largest absolute Gasteiger partial charge is 0.496 e. The van der Waals surface area contributed by atoms with Crippen molar-refractivity contribution in [1.29, 1.82) is 0 Å². The summed E-state index contributed by atoms with van der Waals surface area (Å²) in [7, 11) is 1.61. The van der Waals surface area contributed by atoms with Crippen molar-refractivity contribution in [3.05, 3.63) is 52.3 Å². The first-order valence-electron chi connectivity index (χ1n) is 6.10. The maximum absolute atomic E-state index is 12.1. The third kappa shape index (κ3) is 2.91. The van der Waals surface area contributed by atoms with Crippen LogP contribution in [0.2, 0.25) is 5.02 Å². The summed E-state index contributed by atoms with van der Waals surface area (Å²) in [5.41, 5.74) is 2.86. The zero-order valence-corrected chi connectivity index (χ0v) is 12.3. The molecule has 2 aromatic rings. The number of anilines is 1. The number of carbonyl (C=O) groups excluding carboxylic acids is 1. The summed E-state index contributed by atoms with van der Waals surface area (Å²) in [5.74, 6) is 0.461. The number of hydrogen-bond acceptors (Lipinski definition) is 3. The van der Waals surface area contributed by atoms with Gasteiger partial charge in [0.2, 0.25) is 0 Å². The van der Waals surface area contributed by atoms with E-state index in [9.17, 15) is 4.79 Å². The molecule has 1 amide bonds. The van der Waals surface area contributed by atoms with Crippen LogP contribution in [0.3, 0.4) is 0 Å². The maximum Gasteiger partial charge on any atom is 0.274 e. The van der Waals surface area contributed by atoms with Gasteiger partial charge in [-0.1, -0.05) is 17.7 Å². The molecule has 0 fully saturated rings. The molecule has 0 saturated heterocycles. The van der Waals surface area contributed by atoms with E-state index < -0.39 is 0 Å². The van der Waals surface area contributed by atoms with E-state index in [1.54, 1.807) is 13.2 Å². The Hall–Kier alpha value is -2.07. The Labute approximate surface area is 122 Å². The number of aryl methyl sites for hydroxylation is 1. The lowest BCUT2D eigenvalue weighted by Crippen LogP contribution is -2.14. The molecule has 0 radical (unpaired) electrons. The van der Waals surface area contributed by atoms with Crippen LogP contribution in [0.15, 0.2) is 30.5 Å². The Balaban J connectivity index is 2.29. The fraction of sp³-hybridized carbons (Fsp3) is 0.200. The van der Waals surface area contributed by atoms with Gasteiger partial charge >= 0.3 is 0 Å². The van der Waals surface area contributed by atoms with Crippen LogP contribution in [0.1, 0.15) is 21.6 Å². The van der Waals surface area contributed by atoms with Gasteiger partial charge in [-0.2, -0.15) is 0 Å². The number of nitrogens with zero attached hydrogens (tertiary/aromatic N) is 1. The number of ether oxygens (including phenoxy) is 1. The predicted molar refractivity (Wildman–Crippen MR) is 79.7 cm³/mol. The number of amides is 1. The van der Waals surface area contributed by atoms with Crippen LogP contribution >= 0.6 is 11.6 Å². The minimum Gasteiger partial charge on any atom is -0.496 e. The molecule has 1 N–H and O–H groups in total. The zero-order valence-electron chi connectivity index (χ0n) is 11.5. The van der Waals surface area contributed by atoms with Gasteiger partial charge in [-0.25, -0.2) is 0 Å². The highest BCUT2D eigenvalue weighted by Gasteiger charge is 2.12. The molecule has 5 heteroatoms. The van der Waals surface area contributed by atoms with E-state index in [1.165, 1.54) is 12.3 Å². The summed E-state index contributed by atoms with van der Waals surface area (Å²) in [6.45, 7) is 3.85. The molecular weight excluding hydrogens is 276 g/mol. The van der Waals surface area contributed by atoms with Crippen molar-refractivity contribution in [3.63, 3.8) is 0 Å². The molecule has 0 unspecified atom stereocenters. The molecule has 4 nitrogen and oxygen atoms in total. The Morgan fingerprint density at radius 1 is 1.30 bits per heavy atom. The van der Waals surface area contributed by atoms with Gasteiger partial charge in [-0.05, 0) is 37.6 Å². The van der Waals surface area contributed by atoms with Crippen LogP contribution in [0.4, 0.5) is 5.69 Å². The van der Waals surface area contributed by atoms with E-state index in [0.29, 0.717) is 10.7 Å². The number of benzene rings is 1. The Kier molecular flexibility index (Phi) is 4.25. The highest BCUT2D eigenvalue weighted by atomic mass is 35.5. The molecule has 2 rings (SSSR count). The van der Waals surface area contributed by atoms with E-state index >= 15 is 0 Å². The quantitative estimate of drug-likeness (QED) is 0.939. The number of methoxy groups -OCH3 is 1. The number of aromatic nitrogens is 1. The zero-order chi connectivity index (χ0) is 14.7. The summed E-state index contributed by atoms with van der Waals surface area (Å²) in [5, 5.41) is 3.29. The van der Waals surface area contributed by atoms with E-state index in [-0.39, 0.29) is 11.6 Å². The first-order chi connectivity index (χ1) is 9.52. The second-order valence-corrected chi connectivity index (χ2v) is 4.84. The van der Waals surface area contributed by atoms with Crippen molar-refractivity contribution in [1.82, 2.24) is 4.98 Å². The van der Waals surface area contributed by atoms with Gasteiger partial charge in [0, 0.05) is 22.5 Å². The summed E-state index contributed by atoms with van der Waals surface area (Å²) in [6, 6.07) is 6.89. The number of carbonyl (C=O) groups is 1. The minimum atomic E-state index is -0.304. The van der Waals surface area contributed by atoms with Gasteiger partial charge in [0.15, 0.2) is 0 Å². The van der Waals surface area contributed by atoms with Gasteiger partial charge in [-0.15, -0.1) is 0 Å². The number of rotatable bonds is 3. The standard InChI is InChI=1S/C15H15ClN2O2/c1-9-4-5-12(10(2)14(9)20-3)18-15(19)13-8-11(16)6-7-17-13/h4-8H,1-3H3,(H,18,19). The molecule has 0 saturated carbocycles. The van der Waals surface area contributed by atoms with E-state index in [0.717, 1.165) is 16.9 Å². The molecule has 1 heterocycles. The number of hydrogen-bond donors (Lipinski definition) is 1. The summed E-state index contributed by atoms with van der Waals surface area (Å²) >= 11 is 5.85. The van der Waals surface area contributed by atoms with Crippen LogP contribution in [0, 0.1) is 13.8 Å². The molecule has 0 spiro atoms. The molecular formula is C15H15ClN2O2. The molecule has 20 heavy (non-hydrogen) atoms. The van der Waals surface area contributed by atoms with Gasteiger partial charge in [0.25, 0.3) is 5.91 Å². The highest BCUT2D eigenvalue weighted by molar-refractivity contribution is 6.30. The van der Waals surface area contributed by atoms with Crippen molar-refractivity contribution < 1.29 is 9.53 Å². The third-order valence-corrected chi connectivity index (χ3v) is 3.24. The summed E-state index contributed by atoms with van der Waals surface area (Å²) in [4.78, 5) is 16.1. The van der Waals surface area contributed by atoms with Crippen molar-refractivity contribution in [2.75, 3.05) is 12.4 Å². The van der Waals surface area contributed by atoms with E-state index in [1.807, 2.05) is 26.0 Å². The van der Waals surface area contributed by atoms with Gasteiger partial charge < -0.3 is 10.1 Å². The lowest BCUT2D eigenvalue weighted by Gasteiger charge is -2.13. The van der Waals surface area contributed by atoms with Crippen molar-refractivity contribution in [2.45, 2.75) is 13.8 Å². The SMILES string of the molecule is COc1c(C)ccc(NC(=O)c2cc(Cl)ccn2)c1C. The topological polar surface area (TPSA) is 51.2 Å². The van der Waals surface area contributed by atoms with Crippen LogP contribution in [-0.4, -0.2) is 18.0 Å². The number of nitrogens with one attached hydrogen (secondary N) is 1. The average Bonchev–Trinajstić information content (AvgIpc) is 2.42. The van der Waals surface area contributed by atoms with Crippen LogP contribution in [0.25, 0.3) is 0 Å². The Morgan fingerprint density at radius 2 is 2.05 bits per heavy atom. The van der Waals surface area contributed by atoms with E-state index in [2.05, 4.69) is 10.3 Å². The van der Waals surface area contributed by atoms with Crippen molar-refractivity contribution >= 4 is 23.2 Å². The summed E-state index contributed by atoms with van der Waals surface area (Å²) in [6.07, 6.45) is 1.50. The molecule has 0 aliphatic rings. The van der Waals surface area contributed by atoms with Crippen LogP contribution < -0.4 is 10.1 Å². The minimum absolute atomic E-state index is 0.274. The average molecular weight is 291 g/mol. The molecule has 104 valence electrons. The van der Waals surface area contributed by atoms with Gasteiger partial charge in [0.05, 0.1) is 7.11 Å². The van der Waals surface area contributed by atoms with Crippen molar-refractivity contribution in [2.24, 2.45) is 0 Å². The second-order valence-electron chi connectivity index (χ2n) is 4.40. The highest BCUT2D eigenvalue weighted by Crippen LogP contribution is 2.29. The van der Waals surface area contributed by atoms with Gasteiger partial charge in [-0.3, -0.25) is 9.78 Å². The fourth-order valence-corrected chi connectivity index (χ4v) is 2.15. The molecule has 0 bridgehead atoms. The molecule has 0 aliphatic heterocycles. The summed E-state index contributed by atoms with van der Waals surface area (Å²) < 4.78 is 5.33. The van der Waals surface area contributed by atoms with Crippen LogP contribution in [0.5, 0.6) is 5.75 Å². The lowest BCUT2D eigenvalue weighted by atomic mass is 10.1. The van der Waals surface area contributed by atoms with E-state index in [4.69, 9.17) is 16.3 Å². The Bertz CT molecular complexity index is 656. The second kappa shape index (κ2) is 5.92. The van der Waals surface area contributed by atoms with Gasteiger partial charge in [0.1, 0.15) is 11.4 Å². The smallest absolute Gasteiger partial charge is 0.274 e. The van der Waals surface area contributed by atoms with Crippen LogP contribution in [-0.2, 0) is 0 Å². The third-order valence-electron chi connectivity index (χ3n) is 3.01. The monoisotopic (exact) mass is 290 g/mol. The van der Waals surface area contributed by atoms with Crippen molar-refractivity contribution in [3.8, 4) is 5.75 Å². The maximum atomic E-state index is 12.1. The number of halogens is 1. The predicted octanol–water partition coefficient (Wildman–Crippen LogP) is 3.61.